The van der Waals surface area contributed by atoms with Gasteiger partial charge in [-0.15, -0.1) is 0 Å². The van der Waals surface area contributed by atoms with Crippen LogP contribution in [0.15, 0.2) is 18.2 Å². The minimum Gasteiger partial charge on any atom is -0.393 e. The van der Waals surface area contributed by atoms with Crippen molar-refractivity contribution in [1.82, 2.24) is 4.90 Å². The van der Waals surface area contributed by atoms with Gasteiger partial charge >= 0.3 is 0 Å². The van der Waals surface area contributed by atoms with Crippen molar-refractivity contribution in [2.24, 2.45) is 11.8 Å². The van der Waals surface area contributed by atoms with E-state index in [4.69, 9.17) is 0 Å². The Hall–Kier alpha value is -1.88. The van der Waals surface area contributed by atoms with Crippen molar-refractivity contribution in [3.05, 3.63) is 29.3 Å². The van der Waals surface area contributed by atoms with Crippen molar-refractivity contribution in [3.8, 4) is 0 Å². The number of hydrogen-bond acceptors (Lipinski definition) is 3. The molecule has 2 amide bonds. The number of aliphatic hydroxyl groups is 1. The first-order valence-electron chi connectivity index (χ1n) is 8.74. The lowest BCUT2D eigenvalue weighted by molar-refractivity contribution is -0.139. The topological polar surface area (TPSA) is 60.9 Å². The summed E-state index contributed by atoms with van der Waals surface area (Å²) in [4.78, 5) is 29.0. The number of amides is 2. The van der Waals surface area contributed by atoms with Crippen molar-refractivity contribution in [2.75, 3.05) is 24.5 Å². The van der Waals surface area contributed by atoms with Crippen LogP contribution < -0.4 is 4.90 Å². The highest BCUT2D eigenvalue weighted by Gasteiger charge is 2.41. The molecule has 3 rings (SSSR count). The van der Waals surface area contributed by atoms with Crippen LogP contribution in [-0.4, -0.2) is 47.6 Å². The predicted molar refractivity (Wildman–Crippen MR) is 92.7 cm³/mol. The minimum atomic E-state index is -0.570. The van der Waals surface area contributed by atoms with Crippen LogP contribution in [0.4, 0.5) is 5.69 Å². The molecule has 130 valence electrons. The first-order valence-corrected chi connectivity index (χ1v) is 8.74. The van der Waals surface area contributed by atoms with Gasteiger partial charge in [0.25, 0.3) is 0 Å². The average molecular weight is 330 g/mol. The Bertz CT molecular complexity index is 656. The Morgan fingerprint density at radius 1 is 1.21 bits per heavy atom. The molecular formula is C19H26N2O3. The van der Waals surface area contributed by atoms with Gasteiger partial charge in [0.05, 0.1) is 6.10 Å². The summed E-state index contributed by atoms with van der Waals surface area (Å²) in [6.45, 7) is 7.63. The Kier molecular flexibility index (Phi) is 4.63. The molecule has 2 aliphatic rings. The second kappa shape index (κ2) is 6.55. The summed E-state index contributed by atoms with van der Waals surface area (Å²) in [5.41, 5.74) is 3.22. The van der Waals surface area contributed by atoms with Crippen LogP contribution in [0.5, 0.6) is 0 Å². The highest BCUT2D eigenvalue weighted by atomic mass is 16.3. The summed E-state index contributed by atoms with van der Waals surface area (Å²) in [7, 11) is 0. The molecule has 24 heavy (non-hydrogen) atoms. The molecular weight excluding hydrogens is 304 g/mol. The van der Waals surface area contributed by atoms with Gasteiger partial charge in [-0.3, -0.25) is 9.59 Å². The van der Waals surface area contributed by atoms with E-state index < -0.39 is 12.0 Å². The molecule has 2 heterocycles. The molecule has 0 bridgehead atoms. The third kappa shape index (κ3) is 3.05. The van der Waals surface area contributed by atoms with E-state index in [0.29, 0.717) is 26.1 Å². The molecule has 0 aromatic heterocycles. The fourth-order valence-corrected chi connectivity index (χ4v) is 3.66. The SMILES string of the molecule is Cc1ccc(N2CCC(C(=O)N3CCC(C(C)O)C3)C2=O)cc1C. The number of anilines is 1. The van der Waals surface area contributed by atoms with Crippen molar-refractivity contribution >= 4 is 17.5 Å². The fraction of sp³-hybridized carbons (Fsp3) is 0.579. The molecule has 1 aromatic carbocycles. The van der Waals surface area contributed by atoms with Crippen LogP contribution in [0.3, 0.4) is 0 Å². The zero-order valence-electron chi connectivity index (χ0n) is 14.7. The van der Waals surface area contributed by atoms with Crippen LogP contribution in [0.25, 0.3) is 0 Å². The molecule has 0 radical (unpaired) electrons. The summed E-state index contributed by atoms with van der Waals surface area (Å²) in [5.74, 6) is -0.612. The van der Waals surface area contributed by atoms with Crippen molar-refractivity contribution < 1.29 is 14.7 Å². The zero-order valence-corrected chi connectivity index (χ0v) is 14.7. The van der Waals surface area contributed by atoms with E-state index in [0.717, 1.165) is 17.7 Å². The Balaban J connectivity index is 1.70. The first kappa shape index (κ1) is 17.0. The summed E-state index contributed by atoms with van der Waals surface area (Å²) in [5, 5.41) is 9.69. The van der Waals surface area contributed by atoms with Gasteiger partial charge in [0.15, 0.2) is 0 Å². The number of nitrogens with zero attached hydrogens (tertiary/aromatic N) is 2. The summed E-state index contributed by atoms with van der Waals surface area (Å²) >= 11 is 0. The Morgan fingerprint density at radius 3 is 2.58 bits per heavy atom. The molecule has 2 aliphatic heterocycles. The van der Waals surface area contributed by atoms with E-state index in [-0.39, 0.29) is 17.7 Å². The average Bonchev–Trinajstić information content (AvgIpc) is 3.16. The van der Waals surface area contributed by atoms with Crippen LogP contribution >= 0.6 is 0 Å². The normalized spacial score (nSPS) is 25.4. The molecule has 1 aromatic rings. The van der Waals surface area contributed by atoms with E-state index in [2.05, 4.69) is 0 Å². The highest BCUT2D eigenvalue weighted by Crippen LogP contribution is 2.30. The largest absolute Gasteiger partial charge is 0.393 e. The van der Waals surface area contributed by atoms with E-state index in [1.54, 1.807) is 16.7 Å². The molecule has 3 atom stereocenters. The Morgan fingerprint density at radius 2 is 1.96 bits per heavy atom. The molecule has 3 unspecified atom stereocenters. The van der Waals surface area contributed by atoms with Crippen molar-refractivity contribution in [3.63, 3.8) is 0 Å². The molecule has 1 N–H and O–H groups in total. The predicted octanol–water partition coefficient (Wildman–Crippen LogP) is 1.89. The number of rotatable bonds is 3. The maximum Gasteiger partial charge on any atom is 0.239 e. The van der Waals surface area contributed by atoms with Crippen LogP contribution in [0, 0.1) is 25.7 Å². The third-order valence-corrected chi connectivity index (χ3v) is 5.52. The lowest BCUT2D eigenvalue weighted by Crippen LogP contribution is -2.39. The second-order valence-electron chi connectivity index (χ2n) is 7.17. The number of benzene rings is 1. The van der Waals surface area contributed by atoms with E-state index in [9.17, 15) is 14.7 Å². The molecule has 5 heteroatoms. The fourth-order valence-electron chi connectivity index (χ4n) is 3.66. The van der Waals surface area contributed by atoms with Crippen molar-refractivity contribution in [1.29, 1.82) is 0 Å². The van der Waals surface area contributed by atoms with E-state index >= 15 is 0 Å². The number of likely N-dealkylation sites (tertiary alicyclic amines) is 1. The monoisotopic (exact) mass is 330 g/mol. The van der Waals surface area contributed by atoms with Gasteiger partial charge in [-0.05, 0) is 56.9 Å². The van der Waals surface area contributed by atoms with Gasteiger partial charge in [-0.1, -0.05) is 6.07 Å². The van der Waals surface area contributed by atoms with E-state index in [1.807, 2.05) is 32.0 Å². The Labute approximate surface area is 143 Å². The smallest absolute Gasteiger partial charge is 0.239 e. The molecule has 5 nitrogen and oxygen atoms in total. The first-order chi connectivity index (χ1) is 11.4. The number of aryl methyl sites for hydroxylation is 2. The number of carbonyl (C=O) groups excluding carboxylic acids is 2. The summed E-state index contributed by atoms with van der Waals surface area (Å²) in [6.07, 6.45) is 0.972. The molecule has 0 saturated carbocycles. The standard InChI is InChI=1S/C19H26N2O3/c1-12-4-5-16(10-13(12)2)21-9-7-17(19(21)24)18(23)20-8-6-15(11-20)14(3)22/h4-5,10,14-15,17,22H,6-9,11H2,1-3H3. The van der Waals surface area contributed by atoms with Gasteiger partial charge in [0.1, 0.15) is 5.92 Å². The van der Waals surface area contributed by atoms with Gasteiger partial charge in [-0.25, -0.2) is 0 Å². The van der Waals surface area contributed by atoms with Crippen LogP contribution in [0.1, 0.15) is 30.9 Å². The van der Waals surface area contributed by atoms with Gasteiger partial charge in [-0.2, -0.15) is 0 Å². The quantitative estimate of drug-likeness (QED) is 0.861. The molecule has 2 saturated heterocycles. The minimum absolute atomic E-state index is 0.0746. The van der Waals surface area contributed by atoms with Crippen LogP contribution in [-0.2, 0) is 9.59 Å². The van der Waals surface area contributed by atoms with Gasteiger partial charge in [0, 0.05) is 31.2 Å². The van der Waals surface area contributed by atoms with Gasteiger partial charge < -0.3 is 14.9 Å². The number of hydrogen-bond donors (Lipinski definition) is 1. The number of aliphatic hydroxyl groups excluding tert-OH is 1. The van der Waals surface area contributed by atoms with Gasteiger partial charge in [0.2, 0.25) is 11.8 Å². The highest BCUT2D eigenvalue weighted by molar-refractivity contribution is 6.09. The maximum atomic E-state index is 12.7. The maximum absolute atomic E-state index is 12.7. The second-order valence-corrected chi connectivity index (χ2v) is 7.17. The van der Waals surface area contributed by atoms with E-state index in [1.165, 1.54) is 5.56 Å². The molecule has 0 aliphatic carbocycles. The summed E-state index contributed by atoms with van der Waals surface area (Å²) in [6, 6.07) is 5.98. The molecule has 0 spiro atoms. The summed E-state index contributed by atoms with van der Waals surface area (Å²) < 4.78 is 0. The third-order valence-electron chi connectivity index (χ3n) is 5.52. The molecule has 2 fully saturated rings. The number of carbonyl (C=O) groups is 2. The van der Waals surface area contributed by atoms with Crippen molar-refractivity contribution in [2.45, 2.75) is 39.7 Å². The lowest BCUT2D eigenvalue weighted by atomic mass is 10.0. The zero-order chi connectivity index (χ0) is 17.4. The van der Waals surface area contributed by atoms with Crippen LogP contribution in [0.2, 0.25) is 0 Å². The lowest BCUT2D eigenvalue weighted by Gasteiger charge is -2.22.